The van der Waals surface area contributed by atoms with Crippen LogP contribution >= 0.6 is 0 Å². The summed E-state index contributed by atoms with van der Waals surface area (Å²) in [5.74, 6) is 1.68. The number of fused-ring (bicyclic) bond motifs is 1. The number of hydrogen-bond acceptors (Lipinski definition) is 5. The van der Waals surface area contributed by atoms with Crippen LogP contribution in [0.4, 0.5) is 0 Å². The Bertz CT molecular complexity index is 660. The van der Waals surface area contributed by atoms with E-state index in [9.17, 15) is 5.11 Å². The monoisotopic (exact) mass is 333 g/mol. The highest BCUT2D eigenvalue weighted by Crippen LogP contribution is 2.34. The summed E-state index contributed by atoms with van der Waals surface area (Å²) in [5.41, 5.74) is 0.836. The zero-order valence-electron chi connectivity index (χ0n) is 14.5. The van der Waals surface area contributed by atoms with Crippen molar-refractivity contribution in [2.75, 3.05) is 33.0 Å². The first-order valence-electron chi connectivity index (χ1n) is 8.75. The van der Waals surface area contributed by atoms with Crippen molar-refractivity contribution in [3.8, 4) is 5.75 Å². The van der Waals surface area contributed by atoms with Crippen LogP contribution in [0, 0.1) is 5.41 Å². The van der Waals surface area contributed by atoms with Crippen molar-refractivity contribution >= 4 is 11.0 Å². The van der Waals surface area contributed by atoms with Crippen LogP contribution < -0.4 is 10.1 Å². The van der Waals surface area contributed by atoms with Crippen LogP contribution in [0.1, 0.15) is 38.5 Å². The minimum absolute atomic E-state index is 0.0332. The Morgan fingerprint density at radius 3 is 3.00 bits per heavy atom. The number of hydrogen-bond donors (Lipinski definition) is 2. The van der Waals surface area contributed by atoms with Crippen molar-refractivity contribution in [1.82, 2.24) is 5.32 Å². The summed E-state index contributed by atoms with van der Waals surface area (Å²) in [6.45, 7) is 7.18. The number of rotatable bonds is 8. The van der Waals surface area contributed by atoms with Gasteiger partial charge in [0.25, 0.3) is 0 Å². The van der Waals surface area contributed by atoms with Gasteiger partial charge in [-0.2, -0.15) is 0 Å². The first-order valence-corrected chi connectivity index (χ1v) is 8.75. The average Bonchev–Trinajstić information content (AvgIpc) is 3.21. The maximum absolute atomic E-state index is 9.33. The van der Waals surface area contributed by atoms with E-state index in [1.54, 1.807) is 0 Å². The molecule has 1 aromatic carbocycles. The third-order valence-electron chi connectivity index (χ3n) is 4.86. The van der Waals surface area contributed by atoms with E-state index in [-0.39, 0.29) is 18.1 Å². The first-order chi connectivity index (χ1) is 11.7. The van der Waals surface area contributed by atoms with Gasteiger partial charge in [-0.25, -0.2) is 0 Å². The number of ether oxygens (including phenoxy) is 2. The topological polar surface area (TPSA) is 63.9 Å². The third kappa shape index (κ3) is 3.58. The number of nitrogens with one attached hydrogen (secondary N) is 1. The fourth-order valence-corrected chi connectivity index (χ4v) is 3.32. The predicted octanol–water partition coefficient (Wildman–Crippen LogP) is 3.27. The zero-order valence-corrected chi connectivity index (χ0v) is 14.5. The lowest BCUT2D eigenvalue weighted by atomic mass is 9.84. The zero-order chi connectivity index (χ0) is 17.0. The molecule has 1 aromatic heterocycles. The van der Waals surface area contributed by atoms with E-state index in [0.717, 1.165) is 48.5 Å². The molecule has 5 nitrogen and oxygen atoms in total. The normalized spacial score (nSPS) is 22.1. The van der Waals surface area contributed by atoms with E-state index in [0.29, 0.717) is 13.2 Å². The maximum atomic E-state index is 9.33. The Hall–Kier alpha value is -1.56. The lowest BCUT2D eigenvalue weighted by Gasteiger charge is -2.28. The molecule has 2 aromatic rings. The summed E-state index contributed by atoms with van der Waals surface area (Å²) in [6, 6.07) is 8.11. The molecule has 2 N–H and O–H groups in total. The van der Waals surface area contributed by atoms with Crippen molar-refractivity contribution in [2.24, 2.45) is 5.41 Å². The fourth-order valence-electron chi connectivity index (χ4n) is 3.32. The van der Waals surface area contributed by atoms with Gasteiger partial charge in [0, 0.05) is 30.6 Å². The van der Waals surface area contributed by atoms with Gasteiger partial charge in [0.1, 0.15) is 5.76 Å². The van der Waals surface area contributed by atoms with E-state index in [1.165, 1.54) is 0 Å². The van der Waals surface area contributed by atoms with E-state index in [4.69, 9.17) is 13.9 Å². The highest BCUT2D eigenvalue weighted by molar-refractivity contribution is 5.83. The van der Waals surface area contributed by atoms with Crippen molar-refractivity contribution in [2.45, 2.75) is 32.7 Å². The van der Waals surface area contributed by atoms with Gasteiger partial charge in [-0.3, -0.25) is 0 Å². The Balaban J connectivity index is 1.71. The van der Waals surface area contributed by atoms with Crippen LogP contribution in [-0.2, 0) is 4.74 Å². The minimum Gasteiger partial charge on any atom is -0.490 e. The van der Waals surface area contributed by atoms with Gasteiger partial charge >= 0.3 is 0 Å². The molecule has 24 heavy (non-hydrogen) atoms. The third-order valence-corrected chi connectivity index (χ3v) is 4.86. The highest BCUT2D eigenvalue weighted by atomic mass is 16.5. The van der Waals surface area contributed by atoms with Crippen LogP contribution in [0.15, 0.2) is 28.7 Å². The van der Waals surface area contributed by atoms with Crippen LogP contribution in [0.3, 0.4) is 0 Å². The Morgan fingerprint density at radius 1 is 1.42 bits per heavy atom. The lowest BCUT2D eigenvalue weighted by Crippen LogP contribution is -2.36. The molecule has 3 rings (SSSR count). The van der Waals surface area contributed by atoms with Gasteiger partial charge in [0.05, 0.1) is 19.3 Å². The minimum atomic E-state index is 0.0332. The molecule has 0 spiro atoms. The van der Waals surface area contributed by atoms with Gasteiger partial charge < -0.3 is 24.3 Å². The molecule has 0 radical (unpaired) electrons. The van der Waals surface area contributed by atoms with Crippen molar-refractivity contribution < 1.29 is 19.0 Å². The van der Waals surface area contributed by atoms with Gasteiger partial charge in [-0.1, -0.05) is 12.1 Å². The lowest BCUT2D eigenvalue weighted by molar-refractivity contribution is 0.122. The average molecular weight is 333 g/mol. The molecule has 2 unspecified atom stereocenters. The van der Waals surface area contributed by atoms with E-state index in [2.05, 4.69) is 18.3 Å². The van der Waals surface area contributed by atoms with Crippen LogP contribution in [0.25, 0.3) is 11.0 Å². The van der Waals surface area contributed by atoms with Gasteiger partial charge in [0.15, 0.2) is 11.3 Å². The molecule has 1 fully saturated rings. The predicted molar refractivity (Wildman–Crippen MR) is 93.4 cm³/mol. The summed E-state index contributed by atoms with van der Waals surface area (Å²) >= 11 is 0. The number of furan rings is 1. The Morgan fingerprint density at radius 2 is 2.29 bits per heavy atom. The van der Waals surface area contributed by atoms with Crippen molar-refractivity contribution in [3.63, 3.8) is 0 Å². The van der Waals surface area contributed by atoms with Gasteiger partial charge in [-0.05, 0) is 38.8 Å². The molecule has 2 heterocycles. The molecule has 2 atom stereocenters. The SMILES string of the molecule is CCOc1cccc2cc(C(C)NCC3(CCO)CCOC3)oc12. The quantitative estimate of drug-likeness (QED) is 0.776. The number of aliphatic hydroxyl groups excluding tert-OH is 1. The number of para-hydroxylation sites is 1. The van der Waals surface area contributed by atoms with E-state index in [1.807, 2.05) is 25.1 Å². The molecule has 1 saturated heterocycles. The molecule has 0 amide bonds. The van der Waals surface area contributed by atoms with Crippen LogP contribution in [0.2, 0.25) is 0 Å². The smallest absolute Gasteiger partial charge is 0.176 e. The molecule has 5 heteroatoms. The molecular formula is C19H27NO4. The maximum Gasteiger partial charge on any atom is 0.176 e. The highest BCUT2D eigenvalue weighted by Gasteiger charge is 2.34. The summed E-state index contributed by atoms with van der Waals surface area (Å²) < 4.78 is 17.2. The van der Waals surface area contributed by atoms with Gasteiger partial charge in [0.2, 0.25) is 0 Å². The van der Waals surface area contributed by atoms with E-state index < -0.39 is 0 Å². The first kappa shape index (κ1) is 17.3. The molecule has 132 valence electrons. The molecule has 1 aliphatic rings. The molecular weight excluding hydrogens is 306 g/mol. The summed E-state index contributed by atoms with van der Waals surface area (Å²) in [7, 11) is 0. The number of benzene rings is 1. The summed E-state index contributed by atoms with van der Waals surface area (Å²) in [5, 5.41) is 13.9. The van der Waals surface area contributed by atoms with E-state index >= 15 is 0 Å². The molecule has 0 bridgehead atoms. The van der Waals surface area contributed by atoms with Crippen molar-refractivity contribution in [1.29, 1.82) is 0 Å². The van der Waals surface area contributed by atoms with Crippen LogP contribution in [0.5, 0.6) is 5.75 Å². The Labute approximate surface area is 142 Å². The second kappa shape index (κ2) is 7.55. The molecule has 1 aliphatic heterocycles. The Kier molecular flexibility index (Phi) is 5.43. The van der Waals surface area contributed by atoms with Crippen molar-refractivity contribution in [3.05, 3.63) is 30.0 Å². The second-order valence-corrected chi connectivity index (χ2v) is 6.64. The second-order valence-electron chi connectivity index (χ2n) is 6.64. The standard InChI is InChI=1S/C19H27NO4/c1-3-23-16-6-4-5-15-11-17(24-18(15)16)14(2)20-12-19(7-9-21)8-10-22-13-19/h4-6,11,14,20-21H,3,7-10,12-13H2,1-2H3. The van der Waals surface area contributed by atoms with Gasteiger partial charge in [-0.15, -0.1) is 0 Å². The molecule has 0 saturated carbocycles. The molecule has 0 aliphatic carbocycles. The fraction of sp³-hybridized carbons (Fsp3) is 0.579. The largest absolute Gasteiger partial charge is 0.490 e. The van der Waals surface area contributed by atoms with Crippen LogP contribution in [-0.4, -0.2) is 38.1 Å². The summed E-state index contributed by atoms with van der Waals surface area (Å²) in [6.07, 6.45) is 1.75. The number of aliphatic hydroxyl groups is 1. The summed E-state index contributed by atoms with van der Waals surface area (Å²) in [4.78, 5) is 0.